The zero-order chi connectivity index (χ0) is 19.5. The van der Waals surface area contributed by atoms with Crippen molar-refractivity contribution >= 4 is 17.3 Å². The van der Waals surface area contributed by atoms with Crippen molar-refractivity contribution < 1.29 is 14.1 Å². The summed E-state index contributed by atoms with van der Waals surface area (Å²) < 4.78 is 11.2. The van der Waals surface area contributed by atoms with Crippen LogP contribution in [0.2, 0.25) is 5.02 Å². The molecular formula is C21H24ClN4O2+. The molecule has 146 valence electrons. The quantitative estimate of drug-likeness (QED) is 0.715. The molecule has 1 aliphatic heterocycles. The van der Waals surface area contributed by atoms with E-state index in [0.717, 1.165) is 48.2 Å². The summed E-state index contributed by atoms with van der Waals surface area (Å²) in [6.07, 6.45) is 0. The first-order chi connectivity index (χ1) is 13.7. The van der Waals surface area contributed by atoms with Gasteiger partial charge in [-0.1, -0.05) is 23.7 Å². The lowest BCUT2D eigenvalue weighted by molar-refractivity contribution is -0.931. The second-order valence-corrected chi connectivity index (χ2v) is 7.40. The van der Waals surface area contributed by atoms with Crippen LogP contribution in [0.25, 0.3) is 11.5 Å². The molecule has 1 atom stereocenters. The van der Waals surface area contributed by atoms with Gasteiger partial charge in [0, 0.05) is 5.56 Å². The van der Waals surface area contributed by atoms with Gasteiger partial charge >= 0.3 is 0 Å². The van der Waals surface area contributed by atoms with Crippen LogP contribution < -0.4 is 14.5 Å². The number of ether oxygens (including phenoxy) is 1. The van der Waals surface area contributed by atoms with E-state index in [1.807, 2.05) is 42.5 Å². The minimum atomic E-state index is 0.146. The molecule has 28 heavy (non-hydrogen) atoms. The number of methoxy groups -OCH3 is 1. The number of rotatable bonds is 5. The molecule has 0 radical (unpaired) electrons. The maximum absolute atomic E-state index is 6.34. The molecule has 2 heterocycles. The molecule has 1 aromatic heterocycles. The van der Waals surface area contributed by atoms with Crippen LogP contribution in [0.15, 0.2) is 52.9 Å². The van der Waals surface area contributed by atoms with Gasteiger partial charge in [-0.05, 0) is 43.3 Å². The van der Waals surface area contributed by atoms with Crippen LogP contribution in [0.5, 0.6) is 5.75 Å². The summed E-state index contributed by atoms with van der Waals surface area (Å²) >= 11 is 6.34. The molecule has 1 N–H and O–H groups in total. The van der Waals surface area contributed by atoms with E-state index in [1.54, 1.807) is 7.11 Å². The van der Waals surface area contributed by atoms with Crippen LogP contribution in [0.1, 0.15) is 18.9 Å². The van der Waals surface area contributed by atoms with Crippen molar-refractivity contribution in [2.24, 2.45) is 0 Å². The molecule has 2 aromatic carbocycles. The molecule has 0 saturated carbocycles. The monoisotopic (exact) mass is 399 g/mol. The van der Waals surface area contributed by atoms with Gasteiger partial charge < -0.3 is 19.0 Å². The molecule has 6 nitrogen and oxygen atoms in total. The maximum Gasteiger partial charge on any atom is 0.274 e. The molecule has 0 amide bonds. The summed E-state index contributed by atoms with van der Waals surface area (Å²) in [5, 5.41) is 9.34. The van der Waals surface area contributed by atoms with Crippen LogP contribution in [0, 0.1) is 0 Å². The Bertz CT molecular complexity index is 920. The van der Waals surface area contributed by atoms with E-state index in [9.17, 15) is 0 Å². The Hall–Kier alpha value is -2.57. The smallest absolute Gasteiger partial charge is 0.274 e. The van der Waals surface area contributed by atoms with Gasteiger partial charge in [0.2, 0.25) is 5.89 Å². The molecule has 1 fully saturated rings. The Balaban J connectivity index is 1.41. The number of hydrogen-bond acceptors (Lipinski definition) is 5. The first-order valence-corrected chi connectivity index (χ1v) is 9.85. The van der Waals surface area contributed by atoms with Gasteiger partial charge in [0.1, 0.15) is 5.75 Å². The average molecular weight is 400 g/mol. The highest BCUT2D eigenvalue weighted by Gasteiger charge is 2.29. The Morgan fingerprint density at radius 3 is 2.46 bits per heavy atom. The number of hydrogen-bond donors (Lipinski definition) is 1. The number of piperazine rings is 1. The normalized spacial score (nSPS) is 16.2. The Morgan fingerprint density at radius 1 is 1.07 bits per heavy atom. The van der Waals surface area contributed by atoms with Gasteiger partial charge in [0.25, 0.3) is 5.89 Å². The van der Waals surface area contributed by atoms with E-state index in [4.69, 9.17) is 20.8 Å². The summed E-state index contributed by atoms with van der Waals surface area (Å²) in [6.45, 7) is 6.02. The Labute approximate surface area is 169 Å². The lowest BCUT2D eigenvalue weighted by Crippen LogP contribution is -3.14. The standard InChI is InChI=1S/C21H23ClN4O2/c1-15(20-23-24-21(28-20)16-7-9-17(27-2)10-8-16)25-11-13-26(14-12-25)19-6-4-3-5-18(19)22/h3-10,15H,11-14H2,1-2H3/p+1/t15-/m0/s1. The molecule has 0 unspecified atom stereocenters. The number of quaternary nitrogens is 1. The van der Waals surface area contributed by atoms with E-state index in [-0.39, 0.29) is 6.04 Å². The third-order valence-corrected chi connectivity index (χ3v) is 5.68. The number of nitrogens with zero attached hydrogens (tertiary/aromatic N) is 3. The highest BCUT2D eigenvalue weighted by atomic mass is 35.5. The number of aromatic nitrogens is 2. The number of para-hydroxylation sites is 1. The average Bonchev–Trinajstić information content (AvgIpc) is 3.24. The highest BCUT2D eigenvalue weighted by molar-refractivity contribution is 6.33. The number of halogens is 1. The van der Waals surface area contributed by atoms with E-state index in [0.29, 0.717) is 11.8 Å². The number of nitrogens with one attached hydrogen (secondary N) is 1. The van der Waals surface area contributed by atoms with Crippen molar-refractivity contribution in [3.63, 3.8) is 0 Å². The van der Waals surface area contributed by atoms with Crippen LogP contribution in [-0.4, -0.2) is 43.5 Å². The summed E-state index contributed by atoms with van der Waals surface area (Å²) in [6, 6.07) is 15.8. The summed E-state index contributed by atoms with van der Waals surface area (Å²) in [7, 11) is 1.65. The maximum atomic E-state index is 6.34. The molecule has 0 aliphatic carbocycles. The van der Waals surface area contributed by atoms with Gasteiger partial charge in [0.05, 0.1) is 44.0 Å². The molecule has 1 saturated heterocycles. The number of anilines is 1. The molecule has 0 spiro atoms. The summed E-state index contributed by atoms with van der Waals surface area (Å²) in [5.74, 6) is 2.02. The molecule has 4 rings (SSSR count). The van der Waals surface area contributed by atoms with Crippen molar-refractivity contribution in [2.45, 2.75) is 13.0 Å². The second kappa shape index (κ2) is 8.20. The molecule has 0 bridgehead atoms. The zero-order valence-corrected chi connectivity index (χ0v) is 16.8. The van der Waals surface area contributed by atoms with Crippen molar-refractivity contribution in [3.8, 4) is 17.2 Å². The van der Waals surface area contributed by atoms with Gasteiger partial charge in [-0.15, -0.1) is 10.2 Å². The van der Waals surface area contributed by atoms with E-state index >= 15 is 0 Å². The minimum absolute atomic E-state index is 0.146. The highest BCUT2D eigenvalue weighted by Crippen LogP contribution is 2.25. The third-order valence-electron chi connectivity index (χ3n) is 5.36. The second-order valence-electron chi connectivity index (χ2n) is 6.99. The fraction of sp³-hybridized carbons (Fsp3) is 0.333. The minimum Gasteiger partial charge on any atom is -0.497 e. The fourth-order valence-electron chi connectivity index (χ4n) is 3.61. The summed E-state index contributed by atoms with van der Waals surface area (Å²) in [5.41, 5.74) is 2.00. The van der Waals surface area contributed by atoms with Crippen LogP contribution >= 0.6 is 11.6 Å². The van der Waals surface area contributed by atoms with Gasteiger partial charge in [-0.2, -0.15) is 0 Å². The Kier molecular flexibility index (Phi) is 5.50. The molecule has 3 aromatic rings. The fourth-order valence-corrected chi connectivity index (χ4v) is 3.87. The summed E-state index contributed by atoms with van der Waals surface area (Å²) in [4.78, 5) is 3.78. The Morgan fingerprint density at radius 2 is 1.79 bits per heavy atom. The van der Waals surface area contributed by atoms with Gasteiger partial charge in [0.15, 0.2) is 6.04 Å². The van der Waals surface area contributed by atoms with Crippen molar-refractivity contribution in [1.29, 1.82) is 0 Å². The van der Waals surface area contributed by atoms with Crippen molar-refractivity contribution in [2.75, 3.05) is 38.2 Å². The number of benzene rings is 2. The van der Waals surface area contributed by atoms with Crippen LogP contribution in [0.4, 0.5) is 5.69 Å². The lowest BCUT2D eigenvalue weighted by atomic mass is 10.2. The largest absolute Gasteiger partial charge is 0.497 e. The predicted octanol–water partition coefficient (Wildman–Crippen LogP) is 2.86. The van der Waals surface area contributed by atoms with Crippen LogP contribution in [-0.2, 0) is 0 Å². The predicted molar refractivity (Wildman–Crippen MR) is 109 cm³/mol. The van der Waals surface area contributed by atoms with E-state index in [1.165, 1.54) is 4.90 Å². The SMILES string of the molecule is COc1ccc(-c2nnc([C@H](C)[NH+]3CCN(c4ccccc4Cl)CC3)o2)cc1. The topological polar surface area (TPSA) is 55.8 Å². The molecular weight excluding hydrogens is 376 g/mol. The van der Waals surface area contributed by atoms with E-state index in [2.05, 4.69) is 28.1 Å². The van der Waals surface area contributed by atoms with Crippen molar-refractivity contribution in [3.05, 3.63) is 59.4 Å². The van der Waals surface area contributed by atoms with Gasteiger partial charge in [-0.3, -0.25) is 0 Å². The lowest BCUT2D eigenvalue weighted by Gasteiger charge is -2.35. The van der Waals surface area contributed by atoms with Crippen molar-refractivity contribution in [1.82, 2.24) is 10.2 Å². The molecule has 1 aliphatic rings. The third kappa shape index (κ3) is 3.84. The van der Waals surface area contributed by atoms with E-state index < -0.39 is 0 Å². The first kappa shape index (κ1) is 18.8. The zero-order valence-electron chi connectivity index (χ0n) is 16.1. The van der Waals surface area contributed by atoms with Gasteiger partial charge in [-0.25, -0.2) is 0 Å². The first-order valence-electron chi connectivity index (χ1n) is 9.47. The molecule has 7 heteroatoms. The van der Waals surface area contributed by atoms with Crippen LogP contribution in [0.3, 0.4) is 0 Å².